The number of anilines is 2. The summed E-state index contributed by atoms with van der Waals surface area (Å²) in [5.41, 5.74) is 1.57. The van der Waals surface area contributed by atoms with Gasteiger partial charge in [-0.25, -0.2) is 8.42 Å². The Morgan fingerprint density at radius 1 is 1.18 bits per heavy atom. The summed E-state index contributed by atoms with van der Waals surface area (Å²) in [7, 11) is -2.26. The van der Waals surface area contributed by atoms with Crippen molar-refractivity contribution in [1.29, 1.82) is 0 Å². The third-order valence-corrected chi connectivity index (χ3v) is 6.04. The Bertz CT molecular complexity index is 980. The first-order valence-electron chi connectivity index (χ1n) is 8.48. The van der Waals surface area contributed by atoms with E-state index in [-0.39, 0.29) is 6.42 Å². The van der Waals surface area contributed by atoms with E-state index in [1.54, 1.807) is 37.3 Å². The number of carbonyl (C=O) groups excluding carboxylic acids is 1. The smallest absolute Gasteiger partial charge is 0.248 e. The van der Waals surface area contributed by atoms with Crippen LogP contribution in [-0.4, -0.2) is 33.7 Å². The van der Waals surface area contributed by atoms with Crippen molar-refractivity contribution in [3.05, 3.63) is 52.0 Å². The fraction of sp³-hybridized carbons (Fsp3) is 0.316. The largest absolute Gasteiger partial charge is 0.495 e. The molecule has 0 bridgehead atoms. The van der Waals surface area contributed by atoms with E-state index in [4.69, 9.17) is 27.9 Å². The summed E-state index contributed by atoms with van der Waals surface area (Å²) in [6.07, 6.45) is 1.31. The Labute approximate surface area is 175 Å². The molecule has 1 atom stereocenters. The van der Waals surface area contributed by atoms with Gasteiger partial charge in [0.2, 0.25) is 15.9 Å². The lowest BCUT2D eigenvalue weighted by molar-refractivity contribution is -0.117. The predicted molar refractivity (Wildman–Crippen MR) is 114 cm³/mol. The van der Waals surface area contributed by atoms with Crippen molar-refractivity contribution < 1.29 is 17.9 Å². The molecule has 0 aromatic heterocycles. The van der Waals surface area contributed by atoms with E-state index in [0.29, 0.717) is 27.2 Å². The van der Waals surface area contributed by atoms with Crippen molar-refractivity contribution in [2.75, 3.05) is 23.0 Å². The number of benzene rings is 2. The van der Waals surface area contributed by atoms with Crippen LogP contribution in [0.3, 0.4) is 0 Å². The average Bonchev–Trinajstić information content (AvgIpc) is 2.61. The van der Waals surface area contributed by atoms with Crippen LogP contribution in [0.5, 0.6) is 5.75 Å². The SMILES string of the molecule is CCC(C(=O)Nc1ccc(OC)c(Cl)c1)N(c1ccc(C)c(Cl)c1)S(C)(=O)=O. The fourth-order valence-electron chi connectivity index (χ4n) is 2.75. The Kier molecular flexibility index (Phi) is 7.20. The zero-order valence-corrected chi connectivity index (χ0v) is 18.3. The van der Waals surface area contributed by atoms with Gasteiger partial charge < -0.3 is 10.1 Å². The van der Waals surface area contributed by atoms with Crippen LogP contribution in [0.25, 0.3) is 0 Å². The van der Waals surface area contributed by atoms with Crippen molar-refractivity contribution in [2.45, 2.75) is 26.3 Å². The lowest BCUT2D eigenvalue weighted by Crippen LogP contribution is -2.47. The van der Waals surface area contributed by atoms with Crippen molar-refractivity contribution in [2.24, 2.45) is 0 Å². The Morgan fingerprint density at radius 3 is 2.36 bits per heavy atom. The predicted octanol–water partition coefficient (Wildman–Crippen LogP) is 4.49. The molecule has 0 spiro atoms. The molecular formula is C19H22Cl2N2O4S. The second-order valence-electron chi connectivity index (χ2n) is 6.25. The summed E-state index contributed by atoms with van der Waals surface area (Å²) in [6.45, 7) is 3.55. The van der Waals surface area contributed by atoms with E-state index >= 15 is 0 Å². The van der Waals surface area contributed by atoms with E-state index in [0.717, 1.165) is 16.1 Å². The van der Waals surface area contributed by atoms with Crippen LogP contribution in [-0.2, 0) is 14.8 Å². The molecule has 152 valence electrons. The topological polar surface area (TPSA) is 75.7 Å². The third-order valence-electron chi connectivity index (χ3n) is 4.16. The molecule has 0 radical (unpaired) electrons. The first kappa shape index (κ1) is 22.3. The monoisotopic (exact) mass is 444 g/mol. The number of sulfonamides is 1. The highest BCUT2D eigenvalue weighted by molar-refractivity contribution is 7.92. The normalized spacial score (nSPS) is 12.4. The molecule has 1 amide bonds. The molecule has 0 saturated heterocycles. The molecule has 1 N–H and O–H groups in total. The molecule has 2 aromatic rings. The molecule has 0 fully saturated rings. The van der Waals surface area contributed by atoms with Gasteiger partial charge in [0.05, 0.1) is 24.1 Å². The number of hydrogen-bond acceptors (Lipinski definition) is 4. The Morgan fingerprint density at radius 2 is 1.86 bits per heavy atom. The van der Waals surface area contributed by atoms with Gasteiger partial charge in [-0.15, -0.1) is 0 Å². The number of methoxy groups -OCH3 is 1. The molecule has 1 unspecified atom stereocenters. The molecule has 0 aliphatic heterocycles. The second-order valence-corrected chi connectivity index (χ2v) is 8.93. The van der Waals surface area contributed by atoms with Gasteiger partial charge in [0, 0.05) is 10.7 Å². The highest BCUT2D eigenvalue weighted by atomic mass is 35.5. The summed E-state index contributed by atoms with van der Waals surface area (Å²) < 4.78 is 31.1. The number of ether oxygens (including phenoxy) is 1. The average molecular weight is 445 g/mol. The number of amides is 1. The van der Waals surface area contributed by atoms with Crippen LogP contribution in [0.15, 0.2) is 36.4 Å². The number of carbonyl (C=O) groups is 1. The summed E-state index contributed by atoms with van der Waals surface area (Å²) in [5.74, 6) is -0.00961. The summed E-state index contributed by atoms with van der Waals surface area (Å²) in [6, 6.07) is 8.70. The van der Waals surface area contributed by atoms with Crippen molar-refractivity contribution >= 4 is 50.5 Å². The van der Waals surface area contributed by atoms with E-state index in [9.17, 15) is 13.2 Å². The first-order valence-corrected chi connectivity index (χ1v) is 11.1. The number of nitrogens with zero attached hydrogens (tertiary/aromatic N) is 1. The zero-order chi connectivity index (χ0) is 21.1. The number of halogens is 2. The van der Waals surface area contributed by atoms with Crippen LogP contribution in [0.4, 0.5) is 11.4 Å². The maximum Gasteiger partial charge on any atom is 0.248 e. The molecule has 0 saturated carbocycles. The summed E-state index contributed by atoms with van der Waals surface area (Å²) >= 11 is 12.3. The molecule has 2 aromatic carbocycles. The molecule has 0 heterocycles. The van der Waals surface area contributed by atoms with E-state index in [2.05, 4.69) is 5.32 Å². The molecule has 6 nitrogen and oxygen atoms in total. The Balaban J connectivity index is 2.38. The van der Waals surface area contributed by atoms with Crippen LogP contribution < -0.4 is 14.4 Å². The highest BCUT2D eigenvalue weighted by Gasteiger charge is 2.32. The minimum Gasteiger partial charge on any atom is -0.495 e. The van der Waals surface area contributed by atoms with Crippen molar-refractivity contribution in [1.82, 2.24) is 0 Å². The Hall–Kier alpha value is -1.96. The van der Waals surface area contributed by atoms with Gasteiger partial charge in [-0.3, -0.25) is 9.10 Å². The minimum absolute atomic E-state index is 0.258. The highest BCUT2D eigenvalue weighted by Crippen LogP contribution is 2.30. The van der Waals surface area contributed by atoms with Crippen LogP contribution in [0.2, 0.25) is 10.0 Å². The lowest BCUT2D eigenvalue weighted by atomic mass is 10.1. The van der Waals surface area contributed by atoms with E-state index in [1.165, 1.54) is 13.2 Å². The maximum atomic E-state index is 12.9. The number of aryl methyl sites for hydroxylation is 1. The summed E-state index contributed by atoms with van der Waals surface area (Å²) in [4.78, 5) is 12.9. The maximum absolute atomic E-state index is 12.9. The van der Waals surface area contributed by atoms with Crippen LogP contribution >= 0.6 is 23.2 Å². The van der Waals surface area contributed by atoms with Gasteiger partial charge in [0.25, 0.3) is 0 Å². The van der Waals surface area contributed by atoms with Crippen molar-refractivity contribution in [3.8, 4) is 5.75 Å². The summed E-state index contributed by atoms with van der Waals surface area (Å²) in [5, 5.41) is 3.47. The number of rotatable bonds is 7. The standard InChI is InChI=1S/C19H22Cl2N2O4S/c1-5-17(19(24)22-13-7-9-18(27-3)16(21)10-13)23(28(4,25)26)14-8-6-12(2)15(20)11-14/h6-11,17H,5H2,1-4H3,(H,22,24). The van der Waals surface area contributed by atoms with Crippen LogP contribution in [0, 0.1) is 6.92 Å². The van der Waals surface area contributed by atoms with Crippen LogP contribution in [0.1, 0.15) is 18.9 Å². The minimum atomic E-state index is -3.75. The van der Waals surface area contributed by atoms with Gasteiger partial charge in [0.1, 0.15) is 11.8 Å². The quantitative estimate of drug-likeness (QED) is 0.681. The zero-order valence-electron chi connectivity index (χ0n) is 16.0. The molecule has 0 aliphatic carbocycles. The fourth-order valence-corrected chi connectivity index (χ4v) is 4.38. The third kappa shape index (κ3) is 5.10. The molecular weight excluding hydrogens is 423 g/mol. The van der Waals surface area contributed by atoms with Gasteiger partial charge in [0.15, 0.2) is 0 Å². The molecule has 9 heteroatoms. The van der Waals surface area contributed by atoms with Gasteiger partial charge in [-0.05, 0) is 49.2 Å². The van der Waals surface area contributed by atoms with E-state index in [1.807, 2.05) is 6.92 Å². The lowest BCUT2D eigenvalue weighted by Gasteiger charge is -2.30. The van der Waals surface area contributed by atoms with Gasteiger partial charge in [-0.2, -0.15) is 0 Å². The first-order chi connectivity index (χ1) is 13.1. The number of nitrogens with one attached hydrogen (secondary N) is 1. The second kappa shape index (κ2) is 9.03. The van der Waals surface area contributed by atoms with Gasteiger partial charge >= 0.3 is 0 Å². The van der Waals surface area contributed by atoms with Gasteiger partial charge in [-0.1, -0.05) is 36.2 Å². The molecule has 2 rings (SSSR count). The van der Waals surface area contributed by atoms with E-state index < -0.39 is 22.0 Å². The molecule has 0 aliphatic rings. The molecule has 28 heavy (non-hydrogen) atoms. The van der Waals surface area contributed by atoms with Crippen molar-refractivity contribution in [3.63, 3.8) is 0 Å². The number of hydrogen-bond donors (Lipinski definition) is 1.